The Kier molecular flexibility index (Phi) is 6.52. The molecular weight excluding hydrogens is 374 g/mol. The zero-order valence-corrected chi connectivity index (χ0v) is 15.4. The molecule has 1 aliphatic rings. The smallest absolute Gasteiger partial charge is 0.326 e. The molecule has 0 unspecified atom stereocenters. The molecule has 0 spiro atoms. The summed E-state index contributed by atoms with van der Waals surface area (Å²) in [5.41, 5.74) is 0.772. The summed E-state index contributed by atoms with van der Waals surface area (Å²) in [4.78, 5) is 25.7. The number of aliphatic carboxylic acids is 1. The molecule has 0 aromatic heterocycles. The molecule has 1 aliphatic heterocycles. The number of hydrogen-bond acceptors (Lipinski definition) is 5. The van der Waals surface area contributed by atoms with Crippen molar-refractivity contribution in [1.82, 2.24) is 4.90 Å². The molecule has 122 valence electrons. The predicted octanol–water partition coefficient (Wildman–Crippen LogP) is 3.75. The average molecular weight is 388 g/mol. The molecule has 0 saturated carbocycles. The molecule has 2 rings (SSSR count). The van der Waals surface area contributed by atoms with Gasteiger partial charge in [0.1, 0.15) is 10.4 Å². The SMILES string of the molecule is CSCC[C@@H](C(=O)O)N1C(=O)/C(=C/c2cccc(Cl)c2)SC1=S. The first-order valence-electron chi connectivity index (χ1n) is 6.68. The number of rotatable bonds is 6. The van der Waals surface area contributed by atoms with E-state index in [0.29, 0.717) is 22.1 Å². The highest BCUT2D eigenvalue weighted by Gasteiger charge is 2.40. The van der Waals surface area contributed by atoms with Crippen LogP contribution < -0.4 is 0 Å². The fraction of sp³-hybridized carbons (Fsp3) is 0.267. The van der Waals surface area contributed by atoms with Crippen molar-refractivity contribution in [3.8, 4) is 0 Å². The number of halogens is 1. The molecular formula is C15H14ClNO3S3. The van der Waals surface area contributed by atoms with Crippen LogP contribution in [0.25, 0.3) is 6.08 Å². The number of carbonyl (C=O) groups excluding carboxylic acids is 1. The van der Waals surface area contributed by atoms with Gasteiger partial charge >= 0.3 is 5.97 Å². The third-order valence-corrected chi connectivity index (χ3v) is 5.37. The van der Waals surface area contributed by atoms with Gasteiger partial charge in [0.2, 0.25) is 0 Å². The fourth-order valence-electron chi connectivity index (χ4n) is 2.09. The maximum absolute atomic E-state index is 12.6. The molecule has 0 bridgehead atoms. The molecule has 1 N–H and O–H groups in total. The van der Waals surface area contributed by atoms with Crippen LogP contribution in [0.15, 0.2) is 29.2 Å². The highest BCUT2D eigenvalue weighted by molar-refractivity contribution is 8.26. The second-order valence-corrected chi connectivity index (χ2v) is 7.84. The minimum absolute atomic E-state index is 0.275. The van der Waals surface area contributed by atoms with Gasteiger partial charge in [-0.1, -0.05) is 47.7 Å². The number of benzene rings is 1. The minimum atomic E-state index is -1.04. The molecule has 1 amide bonds. The summed E-state index contributed by atoms with van der Waals surface area (Å²) >= 11 is 13.8. The predicted molar refractivity (Wildman–Crippen MR) is 101 cm³/mol. The van der Waals surface area contributed by atoms with Crippen molar-refractivity contribution in [2.75, 3.05) is 12.0 Å². The second kappa shape index (κ2) is 8.19. The van der Waals surface area contributed by atoms with Crippen molar-refractivity contribution in [2.45, 2.75) is 12.5 Å². The van der Waals surface area contributed by atoms with Crippen LogP contribution in [0.3, 0.4) is 0 Å². The molecule has 1 aromatic carbocycles. The fourth-order valence-corrected chi connectivity index (χ4v) is 4.10. The number of carbonyl (C=O) groups is 2. The first-order valence-corrected chi connectivity index (χ1v) is 9.68. The first-order chi connectivity index (χ1) is 10.9. The molecule has 1 atom stereocenters. The number of carboxylic acid groups (broad SMARTS) is 1. The quantitative estimate of drug-likeness (QED) is 0.592. The van der Waals surface area contributed by atoms with E-state index in [1.165, 1.54) is 16.7 Å². The van der Waals surface area contributed by atoms with Gasteiger partial charge in [-0.15, -0.1) is 0 Å². The Morgan fingerprint density at radius 3 is 2.91 bits per heavy atom. The second-order valence-electron chi connectivity index (χ2n) is 4.74. The summed E-state index contributed by atoms with van der Waals surface area (Å²) in [5.74, 6) is -0.769. The van der Waals surface area contributed by atoms with E-state index in [2.05, 4.69) is 0 Å². The summed E-state index contributed by atoms with van der Waals surface area (Å²) in [5, 5.41) is 9.97. The summed E-state index contributed by atoms with van der Waals surface area (Å²) in [6.07, 6.45) is 3.92. The molecule has 0 radical (unpaired) electrons. The first kappa shape index (κ1) is 18.3. The normalized spacial score (nSPS) is 17.8. The molecule has 8 heteroatoms. The lowest BCUT2D eigenvalue weighted by Gasteiger charge is -2.22. The van der Waals surface area contributed by atoms with Gasteiger partial charge in [-0.05, 0) is 42.2 Å². The van der Waals surface area contributed by atoms with E-state index in [-0.39, 0.29) is 10.2 Å². The minimum Gasteiger partial charge on any atom is -0.480 e. The van der Waals surface area contributed by atoms with Crippen LogP contribution in [0.2, 0.25) is 5.02 Å². The maximum atomic E-state index is 12.6. The number of thiocarbonyl (C=S) groups is 1. The molecule has 1 saturated heterocycles. The van der Waals surface area contributed by atoms with Gasteiger partial charge in [-0.3, -0.25) is 9.69 Å². The summed E-state index contributed by atoms with van der Waals surface area (Å²) < 4.78 is 0.275. The zero-order chi connectivity index (χ0) is 17.0. The van der Waals surface area contributed by atoms with Crippen LogP contribution >= 0.6 is 47.3 Å². The standard InChI is InChI=1S/C15H14ClNO3S3/c1-22-6-5-11(14(19)20)17-13(18)12(23-15(17)21)8-9-3-2-4-10(16)7-9/h2-4,7-8,11H,5-6H2,1H3,(H,19,20)/b12-8-/t11-/m0/s1. The lowest BCUT2D eigenvalue weighted by atomic mass is 10.2. The Balaban J connectivity index is 2.26. The average Bonchev–Trinajstić information content (AvgIpc) is 2.75. The van der Waals surface area contributed by atoms with E-state index >= 15 is 0 Å². The summed E-state index contributed by atoms with van der Waals surface area (Å²) in [6, 6.07) is 6.15. The number of hydrogen-bond donors (Lipinski definition) is 1. The monoisotopic (exact) mass is 387 g/mol. The van der Waals surface area contributed by atoms with Gasteiger partial charge in [-0.25, -0.2) is 4.79 Å². The molecule has 1 aromatic rings. The number of amides is 1. The maximum Gasteiger partial charge on any atom is 0.326 e. The van der Waals surface area contributed by atoms with E-state index in [4.69, 9.17) is 23.8 Å². The Hall–Kier alpha value is -1.02. The van der Waals surface area contributed by atoms with Crippen molar-refractivity contribution in [2.24, 2.45) is 0 Å². The van der Waals surface area contributed by atoms with E-state index in [9.17, 15) is 14.7 Å². The Labute approximate surface area is 153 Å². The van der Waals surface area contributed by atoms with Gasteiger partial charge in [0.25, 0.3) is 5.91 Å². The van der Waals surface area contributed by atoms with Crippen LogP contribution in [0, 0.1) is 0 Å². The van der Waals surface area contributed by atoms with Gasteiger partial charge in [-0.2, -0.15) is 11.8 Å². The summed E-state index contributed by atoms with van der Waals surface area (Å²) in [7, 11) is 0. The van der Waals surface area contributed by atoms with E-state index in [0.717, 1.165) is 17.3 Å². The zero-order valence-electron chi connectivity index (χ0n) is 12.2. The summed E-state index contributed by atoms with van der Waals surface area (Å²) in [6.45, 7) is 0. The molecule has 1 fully saturated rings. The van der Waals surface area contributed by atoms with Crippen LogP contribution in [0.4, 0.5) is 0 Å². The van der Waals surface area contributed by atoms with Gasteiger partial charge in [0.05, 0.1) is 4.91 Å². The van der Waals surface area contributed by atoms with Crippen molar-refractivity contribution in [1.29, 1.82) is 0 Å². The van der Waals surface area contributed by atoms with E-state index in [1.807, 2.05) is 12.3 Å². The van der Waals surface area contributed by atoms with Gasteiger partial charge in [0.15, 0.2) is 0 Å². The third kappa shape index (κ3) is 4.50. The van der Waals surface area contributed by atoms with Crippen LogP contribution in [-0.2, 0) is 9.59 Å². The van der Waals surface area contributed by atoms with Gasteiger partial charge in [0, 0.05) is 5.02 Å². The molecule has 0 aliphatic carbocycles. The van der Waals surface area contributed by atoms with Crippen molar-refractivity contribution in [3.05, 3.63) is 39.8 Å². The van der Waals surface area contributed by atoms with E-state index in [1.54, 1.807) is 24.3 Å². The highest BCUT2D eigenvalue weighted by Crippen LogP contribution is 2.35. The topological polar surface area (TPSA) is 57.6 Å². The van der Waals surface area contributed by atoms with Gasteiger partial charge < -0.3 is 5.11 Å². The van der Waals surface area contributed by atoms with E-state index < -0.39 is 12.0 Å². The number of thioether (sulfide) groups is 2. The number of carboxylic acids is 1. The Morgan fingerprint density at radius 1 is 1.57 bits per heavy atom. The van der Waals surface area contributed by atoms with Crippen molar-refractivity contribution >= 4 is 69.6 Å². The van der Waals surface area contributed by atoms with Crippen molar-refractivity contribution < 1.29 is 14.7 Å². The molecule has 23 heavy (non-hydrogen) atoms. The van der Waals surface area contributed by atoms with Crippen molar-refractivity contribution in [3.63, 3.8) is 0 Å². The third-order valence-electron chi connectivity index (χ3n) is 3.16. The largest absolute Gasteiger partial charge is 0.480 e. The Bertz CT molecular complexity index is 678. The van der Waals surface area contributed by atoms with Crippen LogP contribution in [0.5, 0.6) is 0 Å². The molecule has 4 nitrogen and oxygen atoms in total. The highest BCUT2D eigenvalue weighted by atomic mass is 35.5. The molecule has 1 heterocycles. The van der Waals surface area contributed by atoms with Crippen LogP contribution in [-0.4, -0.2) is 44.3 Å². The van der Waals surface area contributed by atoms with Crippen LogP contribution in [0.1, 0.15) is 12.0 Å². The number of nitrogens with zero attached hydrogens (tertiary/aromatic N) is 1. The lowest BCUT2D eigenvalue weighted by Crippen LogP contribution is -2.44. The Morgan fingerprint density at radius 2 is 2.30 bits per heavy atom. The lowest BCUT2D eigenvalue weighted by molar-refractivity contribution is -0.145.